The smallest absolute Gasteiger partial charge is 0.309 e. The van der Waals surface area contributed by atoms with Gasteiger partial charge < -0.3 is 20.4 Å². The minimum atomic E-state index is -0.812. The Hall–Kier alpha value is -2.37. The predicted molar refractivity (Wildman–Crippen MR) is 95.5 cm³/mol. The molecule has 1 aromatic heterocycles. The van der Waals surface area contributed by atoms with E-state index in [-0.39, 0.29) is 6.61 Å². The molecule has 0 aliphatic carbocycles. The monoisotopic (exact) mass is 347 g/mol. The molecule has 0 radical (unpaired) electrons. The third-order valence-electron chi connectivity index (χ3n) is 3.95. The van der Waals surface area contributed by atoms with Crippen molar-refractivity contribution in [2.45, 2.75) is 13.3 Å². The lowest BCUT2D eigenvalue weighted by Crippen LogP contribution is -2.35. The van der Waals surface area contributed by atoms with E-state index >= 15 is 0 Å². The number of hydrogen-bond acceptors (Lipinski definition) is 7. The van der Waals surface area contributed by atoms with Crippen LogP contribution in [-0.2, 0) is 4.79 Å². The van der Waals surface area contributed by atoms with Crippen molar-refractivity contribution in [2.24, 2.45) is 5.92 Å². The number of rotatable bonds is 6. The zero-order valence-electron chi connectivity index (χ0n) is 14.5. The van der Waals surface area contributed by atoms with Gasteiger partial charge in [0.05, 0.1) is 19.1 Å². The summed E-state index contributed by atoms with van der Waals surface area (Å²) < 4.78 is 0. The number of hydrogen-bond donors (Lipinski definition) is 3. The molecule has 25 heavy (non-hydrogen) atoms. The SMILES string of the molecule is CCC#CCN1CCN(c2cc(NCCO)ncn2)CC(C(=O)O)C1. The minimum absolute atomic E-state index is 0.0118. The van der Waals surface area contributed by atoms with Crippen LogP contribution in [0, 0.1) is 17.8 Å². The normalized spacial score (nSPS) is 18.2. The number of carbonyl (C=O) groups is 1. The number of carboxylic acid groups (broad SMARTS) is 1. The largest absolute Gasteiger partial charge is 0.481 e. The van der Waals surface area contributed by atoms with Gasteiger partial charge in [-0.2, -0.15) is 0 Å². The Morgan fingerprint density at radius 2 is 2.20 bits per heavy atom. The Labute approximate surface area is 147 Å². The highest BCUT2D eigenvalue weighted by molar-refractivity contribution is 5.71. The first-order valence-corrected chi connectivity index (χ1v) is 8.46. The Kier molecular flexibility index (Phi) is 7.44. The number of nitrogens with one attached hydrogen (secondary N) is 1. The molecule has 1 fully saturated rings. The second-order valence-corrected chi connectivity index (χ2v) is 5.84. The molecule has 0 spiro atoms. The minimum Gasteiger partial charge on any atom is -0.481 e. The van der Waals surface area contributed by atoms with Gasteiger partial charge in [0.25, 0.3) is 0 Å². The molecule has 0 bridgehead atoms. The zero-order valence-corrected chi connectivity index (χ0v) is 14.5. The van der Waals surface area contributed by atoms with Crippen LogP contribution in [0.15, 0.2) is 12.4 Å². The summed E-state index contributed by atoms with van der Waals surface area (Å²) >= 11 is 0. The van der Waals surface area contributed by atoms with E-state index in [1.807, 2.05) is 11.8 Å². The molecule has 2 heterocycles. The summed E-state index contributed by atoms with van der Waals surface area (Å²) in [7, 11) is 0. The summed E-state index contributed by atoms with van der Waals surface area (Å²) in [5, 5.41) is 21.4. The highest BCUT2D eigenvalue weighted by Gasteiger charge is 2.28. The summed E-state index contributed by atoms with van der Waals surface area (Å²) in [5.74, 6) is 6.09. The Balaban J connectivity index is 2.11. The van der Waals surface area contributed by atoms with Crippen LogP contribution in [0.25, 0.3) is 0 Å². The van der Waals surface area contributed by atoms with Crippen molar-refractivity contribution in [1.29, 1.82) is 0 Å². The molecule has 1 aliphatic heterocycles. The van der Waals surface area contributed by atoms with E-state index < -0.39 is 11.9 Å². The number of anilines is 2. The third-order valence-corrected chi connectivity index (χ3v) is 3.95. The van der Waals surface area contributed by atoms with Crippen molar-refractivity contribution in [3.8, 4) is 11.8 Å². The molecule has 136 valence electrons. The predicted octanol–water partition coefficient (Wildman–Crippen LogP) is 0.117. The van der Waals surface area contributed by atoms with Gasteiger partial charge in [-0.1, -0.05) is 12.8 Å². The van der Waals surface area contributed by atoms with Crippen LogP contribution < -0.4 is 10.2 Å². The maximum Gasteiger partial charge on any atom is 0.309 e. The second-order valence-electron chi connectivity index (χ2n) is 5.84. The Morgan fingerprint density at radius 3 is 2.92 bits per heavy atom. The van der Waals surface area contributed by atoms with Crippen LogP contribution in [0.3, 0.4) is 0 Å². The maximum absolute atomic E-state index is 11.6. The van der Waals surface area contributed by atoms with E-state index in [0.717, 1.165) is 13.0 Å². The van der Waals surface area contributed by atoms with Gasteiger partial charge >= 0.3 is 5.97 Å². The van der Waals surface area contributed by atoms with Gasteiger partial charge in [-0.25, -0.2) is 9.97 Å². The van der Waals surface area contributed by atoms with Gasteiger partial charge in [0.15, 0.2) is 0 Å². The number of nitrogens with zero attached hydrogens (tertiary/aromatic N) is 4. The fraction of sp³-hybridized carbons (Fsp3) is 0.588. The van der Waals surface area contributed by atoms with E-state index in [1.165, 1.54) is 6.33 Å². The molecule has 8 nitrogen and oxygen atoms in total. The number of aliphatic hydroxyl groups is 1. The molecule has 1 saturated heterocycles. The molecule has 1 aromatic rings. The van der Waals surface area contributed by atoms with Crippen molar-refractivity contribution in [3.05, 3.63) is 12.4 Å². The standard InChI is InChI=1S/C17H25N5O3/c1-2-3-4-6-21-7-8-22(12-14(11-21)17(24)25)16-10-15(18-5-9-23)19-13-20-16/h10,13-14,23H,2,5-9,11-12H2,1H3,(H,24,25)(H,18,19,20). The fourth-order valence-corrected chi connectivity index (χ4v) is 2.68. The van der Waals surface area contributed by atoms with Crippen molar-refractivity contribution in [2.75, 3.05) is 56.1 Å². The first-order chi connectivity index (χ1) is 12.1. The lowest BCUT2D eigenvalue weighted by atomic mass is 10.1. The average Bonchev–Trinajstić information content (AvgIpc) is 2.83. The molecule has 0 amide bonds. The summed E-state index contributed by atoms with van der Waals surface area (Å²) in [6.07, 6.45) is 2.24. The molecular formula is C17H25N5O3. The number of aromatic nitrogens is 2. The van der Waals surface area contributed by atoms with E-state index in [1.54, 1.807) is 6.07 Å². The zero-order chi connectivity index (χ0) is 18.1. The lowest BCUT2D eigenvalue weighted by Gasteiger charge is -2.23. The number of aliphatic carboxylic acids is 1. The van der Waals surface area contributed by atoms with Crippen LogP contribution in [0.4, 0.5) is 11.6 Å². The third kappa shape index (κ3) is 5.89. The molecule has 8 heteroatoms. The van der Waals surface area contributed by atoms with Crippen LogP contribution in [0.1, 0.15) is 13.3 Å². The maximum atomic E-state index is 11.6. The van der Waals surface area contributed by atoms with E-state index in [0.29, 0.717) is 44.4 Å². The van der Waals surface area contributed by atoms with Gasteiger partial charge in [0.2, 0.25) is 0 Å². The molecule has 1 unspecified atom stereocenters. The van der Waals surface area contributed by atoms with Crippen molar-refractivity contribution < 1.29 is 15.0 Å². The summed E-state index contributed by atoms with van der Waals surface area (Å²) in [4.78, 5) is 24.0. The van der Waals surface area contributed by atoms with Crippen molar-refractivity contribution in [3.63, 3.8) is 0 Å². The highest BCUT2D eigenvalue weighted by atomic mass is 16.4. The Morgan fingerprint density at radius 1 is 1.36 bits per heavy atom. The van der Waals surface area contributed by atoms with Crippen molar-refractivity contribution in [1.82, 2.24) is 14.9 Å². The highest BCUT2D eigenvalue weighted by Crippen LogP contribution is 2.19. The second kappa shape index (κ2) is 9.81. The van der Waals surface area contributed by atoms with Crippen molar-refractivity contribution >= 4 is 17.6 Å². The number of aliphatic hydroxyl groups excluding tert-OH is 1. The summed E-state index contributed by atoms with van der Waals surface area (Å²) in [6, 6.07) is 1.78. The van der Waals surface area contributed by atoms with E-state index in [2.05, 4.69) is 32.0 Å². The van der Waals surface area contributed by atoms with Gasteiger partial charge in [-0.3, -0.25) is 9.69 Å². The number of carboxylic acids is 1. The van der Waals surface area contributed by atoms with Gasteiger partial charge in [-0.15, -0.1) is 5.92 Å². The van der Waals surface area contributed by atoms with Crippen LogP contribution in [0.5, 0.6) is 0 Å². The molecular weight excluding hydrogens is 322 g/mol. The topological polar surface area (TPSA) is 102 Å². The molecule has 0 saturated carbocycles. The molecule has 3 N–H and O–H groups in total. The fourth-order valence-electron chi connectivity index (χ4n) is 2.68. The summed E-state index contributed by atoms with van der Waals surface area (Å²) in [5.41, 5.74) is 0. The Bertz CT molecular complexity index is 628. The quantitative estimate of drug-likeness (QED) is 0.624. The average molecular weight is 347 g/mol. The van der Waals surface area contributed by atoms with Crippen LogP contribution >= 0.6 is 0 Å². The summed E-state index contributed by atoms with van der Waals surface area (Å²) in [6.45, 7) is 5.26. The van der Waals surface area contributed by atoms with Gasteiger partial charge in [-0.05, 0) is 0 Å². The molecule has 1 atom stereocenters. The van der Waals surface area contributed by atoms with Crippen LogP contribution in [0.2, 0.25) is 0 Å². The first kappa shape index (κ1) is 19.0. The lowest BCUT2D eigenvalue weighted by molar-refractivity contribution is -0.141. The first-order valence-electron chi connectivity index (χ1n) is 8.46. The molecule has 1 aliphatic rings. The van der Waals surface area contributed by atoms with Crippen LogP contribution in [-0.4, -0.2) is 76.9 Å². The van der Waals surface area contributed by atoms with Gasteiger partial charge in [0, 0.05) is 45.2 Å². The van der Waals surface area contributed by atoms with E-state index in [9.17, 15) is 9.90 Å². The molecule has 2 rings (SSSR count). The van der Waals surface area contributed by atoms with Gasteiger partial charge in [0.1, 0.15) is 18.0 Å². The van der Waals surface area contributed by atoms with E-state index in [4.69, 9.17) is 5.11 Å². The molecule has 0 aromatic carbocycles.